The number of hydrogen-bond acceptors (Lipinski definition) is 0. The molecule has 32 valence electrons. The number of halogens is 3. The predicted molar refractivity (Wildman–Crippen MR) is 29.1 cm³/mol. The van der Waals surface area contributed by atoms with Crippen LogP contribution >= 0.6 is 28.8 Å². The van der Waals surface area contributed by atoms with Crippen molar-refractivity contribution in [2.45, 2.75) is 0 Å². The van der Waals surface area contributed by atoms with E-state index in [9.17, 15) is 0 Å². The van der Waals surface area contributed by atoms with E-state index in [0.29, 0.717) is 0 Å². The summed E-state index contributed by atoms with van der Waals surface area (Å²) in [6, 6.07) is 0. The van der Waals surface area contributed by atoms with Crippen LogP contribution in [-0.4, -0.2) is 59.1 Å². The molecular formula is Cl3IrNa2. The van der Waals surface area contributed by atoms with Gasteiger partial charge in [-0.25, -0.2) is 0 Å². The summed E-state index contributed by atoms with van der Waals surface area (Å²) in [6.45, 7) is 0. The molecular weight excluding hydrogens is 345 g/mol. The summed E-state index contributed by atoms with van der Waals surface area (Å²) in [5.74, 6) is 0. The fraction of sp³-hybridized carbons (Fsp3) is 0. The predicted octanol–water partition coefficient (Wildman–Crippen LogP) is 1.30. The van der Waals surface area contributed by atoms with Crippen LogP contribution in [0.25, 0.3) is 0 Å². The van der Waals surface area contributed by atoms with Crippen molar-refractivity contribution >= 4 is 87.9 Å². The van der Waals surface area contributed by atoms with E-state index >= 15 is 0 Å². The van der Waals surface area contributed by atoms with Crippen molar-refractivity contribution in [2.75, 3.05) is 0 Å². The summed E-state index contributed by atoms with van der Waals surface area (Å²) in [5, 5.41) is 0. The minimum absolute atomic E-state index is 0. The van der Waals surface area contributed by atoms with E-state index in [-0.39, 0.29) is 59.1 Å². The molecule has 0 aliphatic carbocycles. The molecule has 0 rings (SSSR count). The molecule has 2 radical (unpaired) electrons. The van der Waals surface area contributed by atoms with E-state index in [1.54, 1.807) is 0 Å². The Balaban J connectivity index is -0.0000000450. The van der Waals surface area contributed by atoms with Crippen LogP contribution in [0.5, 0.6) is 0 Å². The van der Waals surface area contributed by atoms with Crippen LogP contribution in [0.3, 0.4) is 0 Å². The first-order valence-corrected chi connectivity index (χ1v) is 9.28. The van der Waals surface area contributed by atoms with E-state index in [1.165, 1.54) is 0 Å². The summed E-state index contributed by atoms with van der Waals surface area (Å²) < 4.78 is 0. The van der Waals surface area contributed by atoms with Crippen LogP contribution in [-0.2, 0) is 13.5 Å². The molecule has 0 spiro atoms. The van der Waals surface area contributed by atoms with Crippen LogP contribution in [0.4, 0.5) is 0 Å². The molecule has 0 aromatic carbocycles. The van der Waals surface area contributed by atoms with Gasteiger partial charge in [-0.1, -0.05) is 0 Å². The summed E-state index contributed by atoms with van der Waals surface area (Å²) >= 11 is -1.92. The maximum absolute atomic E-state index is 4.97. The largest absolute Gasteiger partial charge is 0 e. The average Bonchev–Trinajstić information content (AvgIpc) is 0.811. The summed E-state index contributed by atoms with van der Waals surface area (Å²) in [7, 11) is 14.9. The molecule has 0 heterocycles. The molecule has 0 amide bonds. The molecule has 6 heavy (non-hydrogen) atoms. The third kappa shape index (κ3) is 25.8. The second kappa shape index (κ2) is 11.3. The summed E-state index contributed by atoms with van der Waals surface area (Å²) in [4.78, 5) is 0. The van der Waals surface area contributed by atoms with Crippen LogP contribution in [0, 0.1) is 0 Å². The molecule has 6 heteroatoms. The molecule has 0 saturated heterocycles. The monoisotopic (exact) mass is 344 g/mol. The van der Waals surface area contributed by atoms with Crippen molar-refractivity contribution in [2.24, 2.45) is 0 Å². The zero-order valence-corrected chi connectivity index (χ0v) is 12.1. The maximum atomic E-state index is 4.97. The van der Waals surface area contributed by atoms with Gasteiger partial charge in [0.15, 0.2) is 0 Å². The van der Waals surface area contributed by atoms with Gasteiger partial charge in [0.25, 0.3) is 0 Å². The Hall–Kier alpha value is 3.52. The first-order valence-electron chi connectivity index (χ1n) is 0.378. The van der Waals surface area contributed by atoms with Gasteiger partial charge in [-0.2, -0.15) is 0 Å². The van der Waals surface area contributed by atoms with Crippen molar-refractivity contribution in [3.8, 4) is 0 Å². The van der Waals surface area contributed by atoms with Gasteiger partial charge < -0.3 is 0 Å². The van der Waals surface area contributed by atoms with Crippen LogP contribution in [0.1, 0.15) is 0 Å². The van der Waals surface area contributed by atoms with Crippen molar-refractivity contribution < 1.29 is 13.5 Å². The van der Waals surface area contributed by atoms with Crippen molar-refractivity contribution in [1.82, 2.24) is 0 Å². The van der Waals surface area contributed by atoms with E-state index in [1.807, 2.05) is 0 Å². The normalized spacial score (nSPS) is 7.50. The molecule has 0 N–H and O–H groups in total. The molecule has 0 atom stereocenters. The standard InChI is InChI=1S/3ClH.Ir.2Na/h3*1H;;;/q;;;+3;;/p-3. The summed E-state index contributed by atoms with van der Waals surface area (Å²) in [5.41, 5.74) is 0. The van der Waals surface area contributed by atoms with E-state index in [2.05, 4.69) is 0 Å². The van der Waals surface area contributed by atoms with Gasteiger partial charge in [-0.15, -0.1) is 0 Å². The Bertz CT molecular complexity index is 13.5. The molecule has 0 unspecified atom stereocenters. The topological polar surface area (TPSA) is 0 Å². The summed E-state index contributed by atoms with van der Waals surface area (Å²) in [6.07, 6.45) is 0. The third-order valence-electron chi connectivity index (χ3n) is 0. The molecule has 0 nitrogen and oxygen atoms in total. The van der Waals surface area contributed by atoms with Crippen LogP contribution in [0.15, 0.2) is 0 Å². The quantitative estimate of drug-likeness (QED) is 0.581. The van der Waals surface area contributed by atoms with Crippen molar-refractivity contribution in [3.05, 3.63) is 0 Å². The van der Waals surface area contributed by atoms with E-state index < -0.39 is 13.5 Å². The SMILES string of the molecule is [Cl][Ir]([Cl])[Cl].[Na].[Na]. The van der Waals surface area contributed by atoms with Gasteiger partial charge >= 0.3 is 42.2 Å². The number of hydrogen-bond donors (Lipinski definition) is 0. The third-order valence-corrected chi connectivity index (χ3v) is 0. The van der Waals surface area contributed by atoms with Gasteiger partial charge in [-0.05, 0) is 0 Å². The Kier molecular flexibility index (Phi) is 30.7. The molecule has 0 aromatic heterocycles. The van der Waals surface area contributed by atoms with Crippen molar-refractivity contribution in [3.63, 3.8) is 0 Å². The average molecular weight is 345 g/mol. The van der Waals surface area contributed by atoms with Crippen LogP contribution < -0.4 is 0 Å². The smallest absolute Gasteiger partial charge is 0 e. The van der Waals surface area contributed by atoms with Gasteiger partial charge in [0, 0.05) is 59.1 Å². The Morgan fingerprint density at radius 1 is 0.833 bits per heavy atom. The Labute approximate surface area is 99.0 Å². The first kappa shape index (κ1) is 16.3. The molecule has 0 fully saturated rings. The van der Waals surface area contributed by atoms with Crippen LogP contribution in [0.2, 0.25) is 0 Å². The van der Waals surface area contributed by atoms with Gasteiger partial charge in [0.1, 0.15) is 0 Å². The molecule has 0 aliphatic rings. The molecule has 0 aromatic rings. The zero-order chi connectivity index (χ0) is 3.58. The Morgan fingerprint density at radius 2 is 0.833 bits per heavy atom. The molecule has 0 bridgehead atoms. The van der Waals surface area contributed by atoms with Gasteiger partial charge in [-0.3, -0.25) is 0 Å². The second-order valence-corrected chi connectivity index (χ2v) is 10.5. The number of rotatable bonds is 0. The second-order valence-electron chi connectivity index (χ2n) is 0.143. The fourth-order valence-electron chi connectivity index (χ4n) is 0. The maximum Gasteiger partial charge on any atom is 0 e. The van der Waals surface area contributed by atoms with E-state index in [4.69, 9.17) is 28.8 Å². The van der Waals surface area contributed by atoms with Gasteiger partial charge in [0.05, 0.1) is 0 Å². The zero-order valence-electron chi connectivity index (χ0n) is 3.47. The minimum Gasteiger partial charge on any atom is 0 e. The van der Waals surface area contributed by atoms with E-state index in [0.717, 1.165) is 0 Å². The first-order chi connectivity index (χ1) is 1.73. The fourth-order valence-corrected chi connectivity index (χ4v) is 0. The molecule has 0 aliphatic heterocycles. The Morgan fingerprint density at radius 3 is 0.833 bits per heavy atom. The minimum atomic E-state index is -1.92. The van der Waals surface area contributed by atoms with Gasteiger partial charge in [0.2, 0.25) is 0 Å². The molecule has 0 saturated carbocycles. The van der Waals surface area contributed by atoms with Crippen molar-refractivity contribution in [1.29, 1.82) is 0 Å².